The van der Waals surface area contributed by atoms with Crippen molar-refractivity contribution in [3.05, 3.63) is 17.7 Å². The van der Waals surface area contributed by atoms with Crippen molar-refractivity contribution >= 4 is 5.78 Å². The van der Waals surface area contributed by atoms with Crippen LogP contribution in [0, 0.1) is 5.92 Å². The molecule has 21 heavy (non-hydrogen) atoms. The van der Waals surface area contributed by atoms with E-state index in [-0.39, 0.29) is 17.8 Å². The molecular formula is C16H22O5. The Kier molecular flexibility index (Phi) is 5.07. The molecule has 5 nitrogen and oxygen atoms in total. The molecule has 0 spiro atoms. The molecule has 1 aromatic carbocycles. The highest BCUT2D eigenvalue weighted by Crippen LogP contribution is 2.41. The molecule has 0 radical (unpaired) electrons. The Hall–Kier alpha value is -1.75. The lowest BCUT2D eigenvalue weighted by molar-refractivity contribution is 0.0686. The largest absolute Gasteiger partial charge is 0.493 e. The number of Topliss-reactive ketones (excluding diaryl/α,β-unsaturated/α-hetero) is 1. The number of hydrogen-bond acceptors (Lipinski definition) is 5. The van der Waals surface area contributed by atoms with Crippen molar-refractivity contribution in [2.24, 2.45) is 5.92 Å². The van der Waals surface area contributed by atoms with E-state index in [1.807, 2.05) is 6.92 Å². The van der Waals surface area contributed by atoms with Gasteiger partial charge in [0.2, 0.25) is 5.75 Å². The van der Waals surface area contributed by atoms with E-state index in [9.17, 15) is 4.79 Å². The van der Waals surface area contributed by atoms with Crippen molar-refractivity contribution in [1.82, 2.24) is 0 Å². The average Bonchev–Trinajstić information content (AvgIpc) is 3.00. The summed E-state index contributed by atoms with van der Waals surface area (Å²) in [6.45, 7) is 2.66. The Labute approximate surface area is 125 Å². The maximum Gasteiger partial charge on any atom is 0.204 e. The van der Waals surface area contributed by atoms with Crippen LogP contribution in [-0.4, -0.2) is 39.8 Å². The van der Waals surface area contributed by atoms with Gasteiger partial charge in [0.25, 0.3) is 0 Å². The smallest absolute Gasteiger partial charge is 0.204 e. The van der Waals surface area contributed by atoms with E-state index in [1.54, 1.807) is 19.2 Å². The molecule has 2 atom stereocenters. The van der Waals surface area contributed by atoms with E-state index >= 15 is 0 Å². The van der Waals surface area contributed by atoms with Crippen molar-refractivity contribution in [2.75, 3.05) is 27.9 Å². The highest BCUT2D eigenvalue weighted by Gasteiger charge is 2.35. The molecule has 2 rings (SSSR count). The normalized spacial score (nSPS) is 21.1. The molecule has 0 N–H and O–H groups in total. The zero-order chi connectivity index (χ0) is 15.4. The molecule has 2 unspecified atom stereocenters. The molecule has 0 saturated carbocycles. The summed E-state index contributed by atoms with van der Waals surface area (Å²) >= 11 is 0. The quantitative estimate of drug-likeness (QED) is 0.755. The first-order chi connectivity index (χ1) is 10.2. The molecule has 116 valence electrons. The van der Waals surface area contributed by atoms with Gasteiger partial charge in [0.1, 0.15) is 0 Å². The Morgan fingerprint density at radius 3 is 2.48 bits per heavy atom. The Bertz CT molecular complexity index is 512. The van der Waals surface area contributed by atoms with Crippen LogP contribution in [0.2, 0.25) is 0 Å². The van der Waals surface area contributed by atoms with Crippen LogP contribution in [0.3, 0.4) is 0 Å². The van der Waals surface area contributed by atoms with Crippen LogP contribution >= 0.6 is 0 Å². The summed E-state index contributed by atoms with van der Waals surface area (Å²) < 4.78 is 21.6. The minimum Gasteiger partial charge on any atom is -0.493 e. The van der Waals surface area contributed by atoms with E-state index in [0.29, 0.717) is 29.4 Å². The van der Waals surface area contributed by atoms with Crippen molar-refractivity contribution in [3.63, 3.8) is 0 Å². The van der Waals surface area contributed by atoms with Crippen LogP contribution < -0.4 is 14.2 Å². The first kappa shape index (κ1) is 15.6. The highest BCUT2D eigenvalue weighted by atomic mass is 16.5. The fourth-order valence-corrected chi connectivity index (χ4v) is 2.85. The molecule has 5 heteroatoms. The Balaban J connectivity index is 2.41. The zero-order valence-corrected chi connectivity index (χ0v) is 13.0. The minimum atomic E-state index is -0.123. The number of methoxy groups -OCH3 is 3. The van der Waals surface area contributed by atoms with Gasteiger partial charge in [-0.25, -0.2) is 0 Å². The number of rotatable bonds is 6. The molecule has 0 amide bonds. The second kappa shape index (κ2) is 6.80. The van der Waals surface area contributed by atoms with Crippen molar-refractivity contribution in [2.45, 2.75) is 25.9 Å². The van der Waals surface area contributed by atoms with Crippen molar-refractivity contribution in [3.8, 4) is 17.2 Å². The van der Waals surface area contributed by atoms with Crippen LogP contribution in [0.15, 0.2) is 12.1 Å². The van der Waals surface area contributed by atoms with Gasteiger partial charge in [-0.1, -0.05) is 6.92 Å². The van der Waals surface area contributed by atoms with Crippen molar-refractivity contribution < 1.29 is 23.7 Å². The van der Waals surface area contributed by atoms with E-state index in [0.717, 1.165) is 12.8 Å². The number of hydrogen-bond donors (Lipinski definition) is 0. The third-order valence-electron chi connectivity index (χ3n) is 3.92. The van der Waals surface area contributed by atoms with Gasteiger partial charge < -0.3 is 18.9 Å². The van der Waals surface area contributed by atoms with E-state index in [1.165, 1.54) is 14.2 Å². The average molecular weight is 294 g/mol. The summed E-state index contributed by atoms with van der Waals surface area (Å²) in [5, 5.41) is 0. The fourth-order valence-electron chi connectivity index (χ4n) is 2.85. The monoisotopic (exact) mass is 294 g/mol. The summed E-state index contributed by atoms with van der Waals surface area (Å²) in [5.74, 6) is 1.32. The summed E-state index contributed by atoms with van der Waals surface area (Å²) in [7, 11) is 4.61. The topological polar surface area (TPSA) is 54.0 Å². The van der Waals surface area contributed by atoms with Crippen LogP contribution in [0.25, 0.3) is 0 Å². The molecule has 1 saturated heterocycles. The van der Waals surface area contributed by atoms with E-state index in [2.05, 4.69) is 0 Å². The van der Waals surface area contributed by atoms with E-state index in [4.69, 9.17) is 18.9 Å². The van der Waals surface area contributed by atoms with Crippen LogP contribution in [0.1, 0.15) is 30.1 Å². The molecule has 1 aliphatic rings. The SMILES string of the molecule is CCC1OCCC1C(=O)c1ccc(OC)c(OC)c1OC. The van der Waals surface area contributed by atoms with Gasteiger partial charge in [0, 0.05) is 6.61 Å². The maximum absolute atomic E-state index is 12.8. The lowest BCUT2D eigenvalue weighted by Gasteiger charge is -2.19. The number of carbonyl (C=O) groups excluding carboxylic acids is 1. The van der Waals surface area contributed by atoms with Gasteiger partial charge in [-0.05, 0) is 25.0 Å². The van der Waals surface area contributed by atoms with Gasteiger partial charge in [-0.3, -0.25) is 4.79 Å². The Morgan fingerprint density at radius 1 is 1.19 bits per heavy atom. The minimum absolute atomic E-state index is 0.0182. The molecule has 1 aliphatic heterocycles. The predicted molar refractivity (Wildman–Crippen MR) is 78.6 cm³/mol. The molecule has 0 bridgehead atoms. The standard InChI is InChI=1S/C16H22O5/c1-5-12-10(8-9-21-12)14(17)11-6-7-13(18-2)16(20-4)15(11)19-3/h6-7,10,12H,5,8-9H2,1-4H3. The molecular weight excluding hydrogens is 272 g/mol. The van der Waals surface area contributed by atoms with Gasteiger partial charge in [0.15, 0.2) is 17.3 Å². The van der Waals surface area contributed by atoms with E-state index < -0.39 is 0 Å². The molecule has 1 fully saturated rings. The predicted octanol–water partition coefficient (Wildman–Crippen LogP) is 2.71. The summed E-state index contributed by atoms with van der Waals surface area (Å²) in [6.07, 6.45) is 1.55. The third-order valence-corrected chi connectivity index (χ3v) is 3.92. The molecule has 1 aromatic rings. The van der Waals surface area contributed by atoms with Gasteiger partial charge in [-0.2, -0.15) is 0 Å². The van der Waals surface area contributed by atoms with Gasteiger partial charge in [0.05, 0.1) is 38.9 Å². The summed E-state index contributed by atoms with van der Waals surface area (Å²) in [5.41, 5.74) is 0.518. The van der Waals surface area contributed by atoms with Gasteiger partial charge in [-0.15, -0.1) is 0 Å². The third kappa shape index (κ3) is 2.83. The summed E-state index contributed by atoms with van der Waals surface area (Å²) in [6, 6.07) is 3.46. The zero-order valence-electron chi connectivity index (χ0n) is 13.0. The van der Waals surface area contributed by atoms with Gasteiger partial charge >= 0.3 is 0 Å². The first-order valence-electron chi connectivity index (χ1n) is 7.12. The number of ketones is 1. The van der Waals surface area contributed by atoms with Crippen LogP contribution in [0.4, 0.5) is 0 Å². The maximum atomic E-state index is 12.8. The number of benzene rings is 1. The molecule has 1 heterocycles. The lowest BCUT2D eigenvalue weighted by atomic mass is 9.90. The van der Waals surface area contributed by atoms with Crippen molar-refractivity contribution in [1.29, 1.82) is 0 Å². The lowest BCUT2D eigenvalue weighted by Crippen LogP contribution is -2.24. The first-order valence-corrected chi connectivity index (χ1v) is 7.12. The second-order valence-electron chi connectivity index (χ2n) is 4.96. The van der Waals surface area contributed by atoms with Crippen LogP contribution in [-0.2, 0) is 4.74 Å². The van der Waals surface area contributed by atoms with Crippen LogP contribution in [0.5, 0.6) is 17.2 Å². The second-order valence-corrected chi connectivity index (χ2v) is 4.96. The highest BCUT2D eigenvalue weighted by molar-refractivity contribution is 6.02. The Morgan fingerprint density at radius 2 is 1.90 bits per heavy atom. The number of carbonyl (C=O) groups is 1. The molecule has 0 aliphatic carbocycles. The fraction of sp³-hybridized carbons (Fsp3) is 0.562. The number of ether oxygens (including phenoxy) is 4. The molecule has 0 aromatic heterocycles. The summed E-state index contributed by atoms with van der Waals surface area (Å²) in [4.78, 5) is 12.8.